The third-order valence-corrected chi connectivity index (χ3v) is 3.84. The zero-order valence-corrected chi connectivity index (χ0v) is 12.7. The second kappa shape index (κ2) is 6.04. The van der Waals surface area contributed by atoms with E-state index in [0.29, 0.717) is 4.96 Å². The minimum atomic E-state index is -0.469. The maximum atomic E-state index is 12.3. The lowest BCUT2D eigenvalue weighted by molar-refractivity contribution is -0.145. The molecule has 112 valence electrons. The molecule has 2 rings (SSSR count). The largest absolute Gasteiger partial charge is 0.469 e. The van der Waals surface area contributed by atoms with E-state index >= 15 is 0 Å². The Kier molecular flexibility index (Phi) is 4.37. The van der Waals surface area contributed by atoms with Crippen molar-refractivity contribution in [3.8, 4) is 0 Å². The van der Waals surface area contributed by atoms with Crippen molar-refractivity contribution in [3.63, 3.8) is 0 Å². The molecule has 7 nitrogen and oxygen atoms in total. The maximum absolute atomic E-state index is 12.3. The van der Waals surface area contributed by atoms with E-state index in [2.05, 4.69) is 9.72 Å². The van der Waals surface area contributed by atoms with E-state index in [4.69, 9.17) is 0 Å². The summed E-state index contributed by atoms with van der Waals surface area (Å²) in [5.41, 5.74) is -0.436. The van der Waals surface area contributed by atoms with Crippen LogP contribution in [0.1, 0.15) is 17.3 Å². The van der Waals surface area contributed by atoms with Crippen molar-refractivity contribution in [2.24, 2.45) is 5.92 Å². The third kappa shape index (κ3) is 2.94. The molecule has 8 heteroatoms. The fraction of sp³-hybridized carbons (Fsp3) is 0.385. The van der Waals surface area contributed by atoms with Crippen molar-refractivity contribution >= 4 is 28.2 Å². The van der Waals surface area contributed by atoms with E-state index in [1.165, 1.54) is 41.0 Å². The van der Waals surface area contributed by atoms with Crippen LogP contribution in [0.25, 0.3) is 4.96 Å². The van der Waals surface area contributed by atoms with Gasteiger partial charge in [0.25, 0.3) is 11.5 Å². The fourth-order valence-corrected chi connectivity index (χ4v) is 2.62. The number of thiazole rings is 1. The Balaban J connectivity index is 2.23. The van der Waals surface area contributed by atoms with Crippen molar-refractivity contribution in [1.82, 2.24) is 14.3 Å². The Hall–Kier alpha value is -2.22. The van der Waals surface area contributed by atoms with E-state index in [1.54, 1.807) is 18.5 Å². The Labute approximate surface area is 124 Å². The summed E-state index contributed by atoms with van der Waals surface area (Å²) in [5.74, 6) is -1.34. The first-order chi connectivity index (χ1) is 9.95. The van der Waals surface area contributed by atoms with E-state index < -0.39 is 23.4 Å². The number of fused-ring (bicyclic) bond motifs is 1. The Morgan fingerprint density at radius 2 is 2.24 bits per heavy atom. The van der Waals surface area contributed by atoms with Crippen molar-refractivity contribution in [3.05, 3.63) is 33.7 Å². The van der Waals surface area contributed by atoms with Crippen LogP contribution in [-0.2, 0) is 9.53 Å². The molecule has 0 bridgehead atoms. The van der Waals surface area contributed by atoms with Crippen LogP contribution in [0.4, 0.5) is 0 Å². The van der Waals surface area contributed by atoms with Gasteiger partial charge in [-0.15, -0.1) is 11.3 Å². The van der Waals surface area contributed by atoms with Crippen LogP contribution in [0, 0.1) is 5.92 Å². The number of hydrogen-bond donors (Lipinski definition) is 0. The molecule has 1 amide bonds. The first-order valence-corrected chi connectivity index (χ1v) is 7.11. The smallest absolute Gasteiger partial charge is 0.310 e. The zero-order valence-electron chi connectivity index (χ0n) is 11.9. The van der Waals surface area contributed by atoms with Crippen molar-refractivity contribution in [1.29, 1.82) is 0 Å². The highest BCUT2D eigenvalue weighted by atomic mass is 32.1. The molecule has 0 saturated heterocycles. The maximum Gasteiger partial charge on any atom is 0.310 e. The summed E-state index contributed by atoms with van der Waals surface area (Å²) in [6.45, 7) is 1.82. The van der Waals surface area contributed by atoms with Gasteiger partial charge >= 0.3 is 5.97 Å². The number of carbonyl (C=O) groups excluding carboxylic acids is 2. The molecule has 2 heterocycles. The molecular formula is C13H15N3O4S. The second-order valence-electron chi connectivity index (χ2n) is 4.64. The summed E-state index contributed by atoms with van der Waals surface area (Å²) in [7, 11) is 2.82. The Morgan fingerprint density at radius 1 is 1.52 bits per heavy atom. The van der Waals surface area contributed by atoms with E-state index in [-0.39, 0.29) is 12.1 Å². The first-order valence-electron chi connectivity index (χ1n) is 6.24. The van der Waals surface area contributed by atoms with Crippen LogP contribution in [0.3, 0.4) is 0 Å². The van der Waals surface area contributed by atoms with Crippen LogP contribution in [0.15, 0.2) is 22.6 Å². The van der Waals surface area contributed by atoms with Crippen molar-refractivity contribution in [2.75, 3.05) is 20.7 Å². The summed E-state index contributed by atoms with van der Waals surface area (Å²) in [6.07, 6.45) is 2.85. The minimum absolute atomic E-state index is 0.0227. The van der Waals surface area contributed by atoms with E-state index in [0.717, 1.165) is 0 Å². The van der Waals surface area contributed by atoms with Gasteiger partial charge in [0, 0.05) is 31.4 Å². The van der Waals surface area contributed by atoms with Gasteiger partial charge in [-0.2, -0.15) is 0 Å². The number of amides is 1. The van der Waals surface area contributed by atoms with Gasteiger partial charge in [0.05, 0.1) is 13.0 Å². The van der Waals surface area contributed by atoms with Crippen LogP contribution in [0.2, 0.25) is 0 Å². The van der Waals surface area contributed by atoms with E-state index in [1.807, 2.05) is 0 Å². The molecular weight excluding hydrogens is 294 g/mol. The average molecular weight is 309 g/mol. The number of carbonyl (C=O) groups is 2. The lowest BCUT2D eigenvalue weighted by atomic mass is 10.1. The van der Waals surface area contributed by atoms with Crippen LogP contribution in [-0.4, -0.2) is 46.9 Å². The van der Waals surface area contributed by atoms with Crippen LogP contribution in [0.5, 0.6) is 0 Å². The number of methoxy groups -OCH3 is 1. The third-order valence-electron chi connectivity index (χ3n) is 3.07. The summed E-state index contributed by atoms with van der Waals surface area (Å²) in [6, 6.07) is 0. The molecule has 21 heavy (non-hydrogen) atoms. The Bertz CT molecular complexity index is 736. The zero-order chi connectivity index (χ0) is 15.6. The lowest BCUT2D eigenvalue weighted by Crippen LogP contribution is -2.37. The number of aromatic nitrogens is 2. The Morgan fingerprint density at radius 3 is 2.90 bits per heavy atom. The van der Waals surface area contributed by atoms with Gasteiger partial charge in [-0.05, 0) is 0 Å². The normalized spacial score (nSPS) is 12.1. The summed E-state index contributed by atoms with van der Waals surface area (Å²) < 4.78 is 5.94. The predicted molar refractivity (Wildman–Crippen MR) is 77.5 cm³/mol. The average Bonchev–Trinajstić information content (AvgIpc) is 2.95. The molecule has 0 aliphatic carbocycles. The number of hydrogen-bond acceptors (Lipinski definition) is 6. The highest BCUT2D eigenvalue weighted by Gasteiger charge is 2.22. The standard InChI is InChI=1S/C13H15N3O4S/c1-8(12(19)20-3)7-15(2)10(17)9-6-14-13-16(11(9)18)4-5-21-13/h4-6,8H,7H2,1-3H3. The molecule has 0 saturated carbocycles. The van der Waals surface area contributed by atoms with Gasteiger partial charge in [-0.3, -0.25) is 18.8 Å². The number of nitrogens with zero attached hydrogens (tertiary/aromatic N) is 3. The molecule has 0 aliphatic rings. The molecule has 0 aliphatic heterocycles. The van der Waals surface area contributed by atoms with Crippen molar-refractivity contribution < 1.29 is 14.3 Å². The molecule has 0 spiro atoms. The van der Waals surface area contributed by atoms with Gasteiger partial charge in [0.2, 0.25) is 0 Å². The fourth-order valence-electron chi connectivity index (χ4n) is 1.95. The van der Waals surface area contributed by atoms with Crippen LogP contribution >= 0.6 is 11.3 Å². The summed E-state index contributed by atoms with van der Waals surface area (Å²) in [4.78, 5) is 41.8. The minimum Gasteiger partial charge on any atom is -0.469 e. The van der Waals surface area contributed by atoms with Gasteiger partial charge in [0.15, 0.2) is 4.96 Å². The number of rotatable bonds is 4. The molecule has 2 aromatic rings. The monoisotopic (exact) mass is 309 g/mol. The molecule has 1 unspecified atom stereocenters. The second-order valence-corrected chi connectivity index (χ2v) is 5.52. The molecule has 0 N–H and O–H groups in total. The summed E-state index contributed by atoms with van der Waals surface area (Å²) in [5, 5.41) is 1.72. The predicted octanol–water partition coefficient (Wildman–Crippen LogP) is 0.637. The quantitative estimate of drug-likeness (QED) is 0.774. The van der Waals surface area contributed by atoms with Gasteiger partial charge < -0.3 is 9.64 Å². The molecule has 0 radical (unpaired) electrons. The van der Waals surface area contributed by atoms with Crippen LogP contribution < -0.4 is 5.56 Å². The first kappa shape index (κ1) is 15.2. The molecule has 0 aromatic carbocycles. The number of esters is 1. The van der Waals surface area contributed by atoms with E-state index in [9.17, 15) is 14.4 Å². The highest BCUT2D eigenvalue weighted by Crippen LogP contribution is 2.08. The van der Waals surface area contributed by atoms with Gasteiger partial charge in [-0.1, -0.05) is 6.92 Å². The highest BCUT2D eigenvalue weighted by molar-refractivity contribution is 7.15. The van der Waals surface area contributed by atoms with Gasteiger partial charge in [-0.25, -0.2) is 4.98 Å². The molecule has 0 fully saturated rings. The lowest BCUT2D eigenvalue weighted by Gasteiger charge is -2.19. The molecule has 2 aromatic heterocycles. The molecule has 1 atom stereocenters. The number of ether oxygens (including phenoxy) is 1. The topological polar surface area (TPSA) is 81.0 Å². The van der Waals surface area contributed by atoms with Gasteiger partial charge in [0.1, 0.15) is 5.56 Å². The SMILES string of the molecule is COC(=O)C(C)CN(C)C(=O)c1cnc2sccn2c1=O. The summed E-state index contributed by atoms with van der Waals surface area (Å²) >= 11 is 1.31. The van der Waals surface area contributed by atoms with Crippen molar-refractivity contribution in [2.45, 2.75) is 6.92 Å².